The molecule has 0 radical (unpaired) electrons. The molecule has 0 aliphatic heterocycles. The Morgan fingerprint density at radius 1 is 1.12 bits per heavy atom. The van der Waals surface area contributed by atoms with Crippen LogP contribution < -0.4 is 0 Å². The monoisotopic (exact) mass is 341 g/mol. The van der Waals surface area contributed by atoms with Gasteiger partial charge in [-0.05, 0) is 55.3 Å². The largest absolute Gasteiger partial charge is 0.259 e. The Morgan fingerprint density at radius 2 is 1.96 bits per heavy atom. The third kappa shape index (κ3) is 5.08. The highest BCUT2D eigenvalue weighted by Gasteiger charge is 2.09. The maximum absolute atomic E-state index is 4.75. The Labute approximate surface area is 155 Å². The number of nitrogens with zero attached hydrogens (tertiary/aromatic N) is 3. The van der Waals surface area contributed by atoms with Crippen LogP contribution >= 0.6 is 0 Å². The van der Waals surface area contributed by atoms with Crippen LogP contribution in [0.2, 0.25) is 0 Å². The molecule has 2 aromatic rings. The Kier molecular flexibility index (Phi) is 7.19. The van der Waals surface area contributed by atoms with Crippen LogP contribution in [0.15, 0.2) is 97.3 Å². The molecule has 26 heavy (non-hydrogen) atoms. The Balaban J connectivity index is 2.63. The van der Waals surface area contributed by atoms with E-state index in [1.807, 2.05) is 68.5 Å². The molecule has 0 saturated heterocycles. The van der Waals surface area contributed by atoms with Crippen LogP contribution in [0.4, 0.5) is 0 Å². The zero-order chi connectivity index (χ0) is 18.8. The van der Waals surface area contributed by atoms with E-state index in [1.165, 1.54) is 0 Å². The summed E-state index contributed by atoms with van der Waals surface area (Å²) in [6.45, 7) is 11.5. The fourth-order valence-electron chi connectivity index (χ4n) is 2.29. The van der Waals surface area contributed by atoms with E-state index in [0.717, 1.165) is 33.9 Å². The van der Waals surface area contributed by atoms with E-state index < -0.39 is 0 Å². The maximum Gasteiger partial charge on any atom is 0.0900 e. The third-order valence-electron chi connectivity index (χ3n) is 3.64. The minimum atomic E-state index is 0.796. The first-order valence-corrected chi connectivity index (χ1v) is 8.41. The summed E-state index contributed by atoms with van der Waals surface area (Å²) in [5.41, 5.74) is 5.26. The molecule has 0 aliphatic rings. The van der Waals surface area contributed by atoms with Crippen LogP contribution in [0.5, 0.6) is 0 Å². The first kappa shape index (κ1) is 19.0. The number of hydrogen-bond donors (Lipinski definition) is 0. The average molecular weight is 341 g/mol. The summed E-state index contributed by atoms with van der Waals surface area (Å²) in [4.78, 5) is 13.6. The molecule has 2 aromatic heterocycles. The van der Waals surface area contributed by atoms with Crippen LogP contribution in [-0.4, -0.2) is 15.7 Å². The molecule has 3 nitrogen and oxygen atoms in total. The molecule has 2 heterocycles. The van der Waals surface area contributed by atoms with Gasteiger partial charge >= 0.3 is 0 Å². The average Bonchev–Trinajstić information content (AvgIpc) is 2.69. The second-order valence-electron chi connectivity index (χ2n) is 5.48. The van der Waals surface area contributed by atoms with Crippen molar-refractivity contribution in [3.8, 4) is 11.4 Å². The van der Waals surface area contributed by atoms with Gasteiger partial charge in [-0.2, -0.15) is 0 Å². The molecule has 2 rings (SSSR count). The molecule has 0 fully saturated rings. The van der Waals surface area contributed by atoms with Crippen molar-refractivity contribution in [2.75, 3.05) is 0 Å². The highest BCUT2D eigenvalue weighted by atomic mass is 14.8. The van der Waals surface area contributed by atoms with Gasteiger partial charge in [0.2, 0.25) is 0 Å². The zero-order valence-corrected chi connectivity index (χ0v) is 15.3. The number of hydrogen-bond acceptors (Lipinski definition) is 3. The summed E-state index contributed by atoms with van der Waals surface area (Å²) < 4.78 is 0. The third-order valence-corrected chi connectivity index (χ3v) is 3.64. The highest BCUT2D eigenvalue weighted by Crippen LogP contribution is 2.23. The van der Waals surface area contributed by atoms with E-state index in [-0.39, 0.29) is 0 Å². The second kappa shape index (κ2) is 9.84. The highest BCUT2D eigenvalue weighted by molar-refractivity contribution is 5.98. The molecule has 0 aromatic carbocycles. The molecule has 0 bridgehead atoms. The lowest BCUT2D eigenvalue weighted by Gasteiger charge is -2.09. The smallest absolute Gasteiger partial charge is 0.0900 e. The number of allylic oxidation sites excluding steroid dienone is 7. The van der Waals surface area contributed by atoms with Crippen LogP contribution in [-0.2, 0) is 0 Å². The summed E-state index contributed by atoms with van der Waals surface area (Å²) in [6, 6.07) is 9.83. The van der Waals surface area contributed by atoms with E-state index in [4.69, 9.17) is 4.98 Å². The first-order valence-electron chi connectivity index (χ1n) is 8.41. The minimum Gasteiger partial charge on any atom is -0.259 e. The molecule has 0 spiro atoms. The summed E-state index contributed by atoms with van der Waals surface area (Å²) in [6.07, 6.45) is 14.8. The lowest BCUT2D eigenvalue weighted by Crippen LogP contribution is -2.02. The van der Waals surface area contributed by atoms with Gasteiger partial charge in [0.05, 0.1) is 22.8 Å². The van der Waals surface area contributed by atoms with Gasteiger partial charge in [-0.1, -0.05) is 49.6 Å². The normalized spacial score (nSPS) is 12.7. The topological polar surface area (TPSA) is 38.1 Å². The Hall–Kier alpha value is -3.33. The van der Waals surface area contributed by atoms with Gasteiger partial charge in [0, 0.05) is 12.4 Å². The van der Waals surface area contributed by atoms with E-state index in [2.05, 4.69) is 23.1 Å². The van der Waals surface area contributed by atoms with Crippen LogP contribution in [0.25, 0.3) is 17.0 Å². The van der Waals surface area contributed by atoms with Crippen LogP contribution in [0.1, 0.15) is 25.1 Å². The number of aromatic nitrogens is 2. The molecule has 0 saturated carbocycles. The van der Waals surface area contributed by atoms with Gasteiger partial charge in [0.25, 0.3) is 0 Å². The summed E-state index contributed by atoms with van der Waals surface area (Å²) in [5.74, 6) is 0. The fourth-order valence-corrected chi connectivity index (χ4v) is 2.29. The van der Waals surface area contributed by atoms with E-state index in [1.54, 1.807) is 24.5 Å². The van der Waals surface area contributed by atoms with E-state index in [9.17, 15) is 0 Å². The van der Waals surface area contributed by atoms with Crippen molar-refractivity contribution in [2.45, 2.75) is 13.8 Å². The quantitative estimate of drug-likeness (QED) is 0.471. The lowest BCUT2D eigenvalue weighted by atomic mass is 10.0. The van der Waals surface area contributed by atoms with Gasteiger partial charge in [0.15, 0.2) is 0 Å². The van der Waals surface area contributed by atoms with Gasteiger partial charge in [0.1, 0.15) is 0 Å². The predicted molar refractivity (Wildman–Crippen MR) is 112 cm³/mol. The van der Waals surface area contributed by atoms with Crippen molar-refractivity contribution < 1.29 is 0 Å². The molecule has 130 valence electrons. The SMILES string of the molecule is C=C/C=C\N=C(/C)c1cc(/C(C=C)=C/C=C\C)cc(-c2ccccn2)n1. The van der Waals surface area contributed by atoms with Crippen molar-refractivity contribution in [2.24, 2.45) is 4.99 Å². The molecule has 0 amide bonds. The first-order chi connectivity index (χ1) is 12.7. The molecular weight excluding hydrogens is 318 g/mol. The molecular formula is C23H23N3. The number of aliphatic imine (C=N–C) groups is 1. The molecule has 3 heteroatoms. The fraction of sp³-hybridized carbons (Fsp3) is 0.0870. The van der Waals surface area contributed by atoms with Crippen molar-refractivity contribution in [3.05, 3.63) is 104 Å². The van der Waals surface area contributed by atoms with Crippen molar-refractivity contribution >= 4 is 11.3 Å². The predicted octanol–water partition coefficient (Wildman–Crippen LogP) is 5.80. The molecule has 0 aliphatic carbocycles. The van der Waals surface area contributed by atoms with E-state index >= 15 is 0 Å². The zero-order valence-electron chi connectivity index (χ0n) is 15.3. The van der Waals surface area contributed by atoms with Gasteiger partial charge in [-0.25, -0.2) is 4.98 Å². The van der Waals surface area contributed by atoms with Crippen LogP contribution in [0, 0.1) is 0 Å². The Morgan fingerprint density at radius 3 is 2.62 bits per heavy atom. The molecule has 0 atom stereocenters. The standard InChI is InChI=1S/C23H23N3/c1-5-8-12-19(7-3)20-16-22(18(4)24-14-9-6-2)26-23(17-20)21-13-10-11-15-25-21/h5-17H,2-3H2,1,4H3/b8-5-,14-9-,19-12+,24-18+. The number of rotatable bonds is 7. The summed E-state index contributed by atoms with van der Waals surface area (Å²) in [7, 11) is 0. The lowest BCUT2D eigenvalue weighted by molar-refractivity contribution is 1.22. The second-order valence-corrected chi connectivity index (χ2v) is 5.48. The molecule has 0 unspecified atom stereocenters. The van der Waals surface area contributed by atoms with Gasteiger partial charge in [-0.15, -0.1) is 0 Å². The van der Waals surface area contributed by atoms with Crippen molar-refractivity contribution in [3.63, 3.8) is 0 Å². The van der Waals surface area contributed by atoms with Crippen LogP contribution in [0.3, 0.4) is 0 Å². The maximum atomic E-state index is 4.75. The Bertz CT molecular complexity index is 885. The van der Waals surface area contributed by atoms with E-state index in [0.29, 0.717) is 0 Å². The number of pyridine rings is 2. The minimum absolute atomic E-state index is 0.796. The van der Waals surface area contributed by atoms with Crippen molar-refractivity contribution in [1.29, 1.82) is 0 Å². The summed E-state index contributed by atoms with van der Waals surface area (Å²) in [5, 5.41) is 0. The van der Waals surface area contributed by atoms with Crippen molar-refractivity contribution in [1.82, 2.24) is 9.97 Å². The summed E-state index contributed by atoms with van der Waals surface area (Å²) >= 11 is 0. The van der Waals surface area contributed by atoms with Gasteiger partial charge < -0.3 is 0 Å². The molecule has 0 N–H and O–H groups in total. The van der Waals surface area contributed by atoms with Gasteiger partial charge in [-0.3, -0.25) is 9.98 Å².